The predicted octanol–water partition coefficient (Wildman–Crippen LogP) is 3.29. The van der Waals surface area contributed by atoms with Gasteiger partial charge in [-0.2, -0.15) is 0 Å². The van der Waals surface area contributed by atoms with E-state index < -0.39 is 5.97 Å². The van der Waals surface area contributed by atoms with Crippen LogP contribution in [0, 0.1) is 0 Å². The molecule has 110 valence electrons. The van der Waals surface area contributed by atoms with Gasteiger partial charge in [0.05, 0.1) is 6.04 Å². The van der Waals surface area contributed by atoms with Crippen LogP contribution in [-0.2, 0) is 9.59 Å². The lowest BCUT2D eigenvalue weighted by molar-refractivity contribution is -0.137. The summed E-state index contributed by atoms with van der Waals surface area (Å²) in [5.74, 6) is -0.844. The van der Waals surface area contributed by atoms with Gasteiger partial charge in [-0.25, -0.2) is 0 Å². The fraction of sp³-hybridized carbons (Fsp3) is 0.500. The van der Waals surface area contributed by atoms with Gasteiger partial charge in [-0.15, -0.1) is 0 Å². The Hall–Kier alpha value is -1.84. The van der Waals surface area contributed by atoms with Gasteiger partial charge in [0.25, 0.3) is 0 Å². The van der Waals surface area contributed by atoms with Gasteiger partial charge in [0.1, 0.15) is 0 Å². The van der Waals surface area contributed by atoms with E-state index in [4.69, 9.17) is 5.11 Å². The average molecular weight is 277 g/mol. The van der Waals surface area contributed by atoms with Crippen molar-refractivity contribution in [2.75, 3.05) is 0 Å². The third kappa shape index (κ3) is 6.36. The third-order valence-corrected chi connectivity index (χ3v) is 3.19. The van der Waals surface area contributed by atoms with Crippen LogP contribution < -0.4 is 5.32 Å². The van der Waals surface area contributed by atoms with Crippen molar-refractivity contribution in [3.8, 4) is 0 Å². The van der Waals surface area contributed by atoms with E-state index in [1.807, 2.05) is 30.3 Å². The summed E-state index contributed by atoms with van der Waals surface area (Å²) in [5.41, 5.74) is 0.956. The fourth-order valence-corrected chi connectivity index (χ4v) is 2.08. The van der Waals surface area contributed by atoms with E-state index in [1.54, 1.807) is 0 Å². The van der Waals surface area contributed by atoms with Crippen LogP contribution in [0.5, 0.6) is 0 Å². The Morgan fingerprint density at radius 2 is 1.85 bits per heavy atom. The molecule has 0 saturated heterocycles. The van der Waals surface area contributed by atoms with Crippen molar-refractivity contribution in [1.29, 1.82) is 0 Å². The molecule has 1 atom stereocenters. The first-order valence-electron chi connectivity index (χ1n) is 7.19. The van der Waals surface area contributed by atoms with E-state index >= 15 is 0 Å². The highest BCUT2D eigenvalue weighted by atomic mass is 16.4. The molecule has 0 bridgehead atoms. The summed E-state index contributed by atoms with van der Waals surface area (Å²) < 4.78 is 0. The van der Waals surface area contributed by atoms with Gasteiger partial charge >= 0.3 is 5.97 Å². The number of nitrogens with one attached hydrogen (secondary N) is 1. The van der Waals surface area contributed by atoms with Gasteiger partial charge in [0.2, 0.25) is 5.91 Å². The highest BCUT2D eigenvalue weighted by Gasteiger charge is 2.15. The second-order valence-electron chi connectivity index (χ2n) is 4.92. The number of carbonyl (C=O) groups excluding carboxylic acids is 1. The molecule has 1 aromatic carbocycles. The number of rotatable bonds is 9. The number of benzene rings is 1. The summed E-state index contributed by atoms with van der Waals surface area (Å²) >= 11 is 0. The zero-order valence-electron chi connectivity index (χ0n) is 12.0. The second-order valence-corrected chi connectivity index (χ2v) is 4.92. The Balaban J connectivity index is 2.58. The molecule has 0 aliphatic heterocycles. The van der Waals surface area contributed by atoms with Crippen molar-refractivity contribution in [1.82, 2.24) is 5.32 Å². The summed E-state index contributed by atoms with van der Waals surface area (Å²) in [6.45, 7) is 2.09. The monoisotopic (exact) mass is 277 g/mol. The Kier molecular flexibility index (Phi) is 7.40. The minimum atomic E-state index is -0.842. The van der Waals surface area contributed by atoms with Crippen molar-refractivity contribution >= 4 is 11.9 Å². The highest BCUT2D eigenvalue weighted by molar-refractivity contribution is 5.76. The molecule has 0 radical (unpaired) electrons. The van der Waals surface area contributed by atoms with Gasteiger partial charge in [0, 0.05) is 12.8 Å². The van der Waals surface area contributed by atoms with Crippen molar-refractivity contribution in [2.24, 2.45) is 0 Å². The van der Waals surface area contributed by atoms with E-state index in [9.17, 15) is 9.59 Å². The zero-order valence-corrected chi connectivity index (χ0v) is 12.0. The van der Waals surface area contributed by atoms with Gasteiger partial charge in [-0.05, 0) is 18.4 Å². The van der Waals surface area contributed by atoms with E-state index in [0.29, 0.717) is 12.8 Å². The number of hydrogen-bond acceptors (Lipinski definition) is 2. The van der Waals surface area contributed by atoms with Crippen molar-refractivity contribution in [3.63, 3.8) is 0 Å². The lowest BCUT2D eigenvalue weighted by Gasteiger charge is -2.18. The molecule has 1 amide bonds. The maximum absolute atomic E-state index is 11.9. The van der Waals surface area contributed by atoms with E-state index in [0.717, 1.165) is 24.8 Å². The van der Waals surface area contributed by atoms with Crippen LogP contribution in [0.2, 0.25) is 0 Å². The smallest absolute Gasteiger partial charge is 0.303 e. The predicted molar refractivity (Wildman–Crippen MR) is 78.3 cm³/mol. The Labute approximate surface area is 120 Å². The molecule has 1 rings (SSSR count). The van der Waals surface area contributed by atoms with Crippen LogP contribution in [0.25, 0.3) is 0 Å². The van der Waals surface area contributed by atoms with Crippen LogP contribution in [0.1, 0.15) is 57.1 Å². The topological polar surface area (TPSA) is 66.4 Å². The molecule has 0 spiro atoms. The molecule has 1 unspecified atom stereocenters. The van der Waals surface area contributed by atoms with Crippen LogP contribution >= 0.6 is 0 Å². The van der Waals surface area contributed by atoms with Crippen LogP contribution in [-0.4, -0.2) is 17.0 Å². The first-order chi connectivity index (χ1) is 9.63. The van der Waals surface area contributed by atoms with Crippen LogP contribution in [0.15, 0.2) is 30.3 Å². The van der Waals surface area contributed by atoms with Crippen LogP contribution in [0.3, 0.4) is 0 Å². The summed E-state index contributed by atoms with van der Waals surface area (Å²) in [6.07, 6.45) is 3.97. The normalized spacial score (nSPS) is 11.8. The Morgan fingerprint density at radius 1 is 1.15 bits per heavy atom. The minimum absolute atomic E-state index is 0.00214. The van der Waals surface area contributed by atoms with Crippen molar-refractivity contribution in [3.05, 3.63) is 35.9 Å². The fourth-order valence-electron chi connectivity index (χ4n) is 2.08. The van der Waals surface area contributed by atoms with Gasteiger partial charge in [-0.3, -0.25) is 9.59 Å². The molecule has 0 fully saturated rings. The number of amides is 1. The van der Waals surface area contributed by atoms with Crippen molar-refractivity contribution < 1.29 is 14.7 Å². The second kappa shape index (κ2) is 9.13. The molecule has 1 aromatic rings. The molecule has 0 aliphatic rings. The largest absolute Gasteiger partial charge is 0.481 e. The number of aliphatic carboxylic acids is 1. The lowest BCUT2D eigenvalue weighted by Crippen LogP contribution is -2.28. The quantitative estimate of drug-likeness (QED) is 0.681. The number of carboxylic acids is 1. The van der Waals surface area contributed by atoms with E-state index in [-0.39, 0.29) is 18.4 Å². The summed E-state index contributed by atoms with van der Waals surface area (Å²) in [6, 6.07) is 9.30. The third-order valence-electron chi connectivity index (χ3n) is 3.19. The molecule has 4 nitrogen and oxygen atoms in total. The van der Waals surface area contributed by atoms with E-state index in [2.05, 4.69) is 12.2 Å². The SMILES string of the molecule is CCCCCC(=O)NC(CCC(=O)O)c1ccccc1. The first kappa shape index (κ1) is 16.2. The molecular weight excluding hydrogens is 254 g/mol. The highest BCUT2D eigenvalue weighted by Crippen LogP contribution is 2.18. The Morgan fingerprint density at radius 3 is 2.45 bits per heavy atom. The summed E-state index contributed by atoms with van der Waals surface area (Å²) in [7, 11) is 0. The average Bonchev–Trinajstić information content (AvgIpc) is 2.44. The molecule has 2 N–H and O–H groups in total. The molecule has 0 aliphatic carbocycles. The van der Waals surface area contributed by atoms with Gasteiger partial charge in [-0.1, -0.05) is 50.1 Å². The maximum atomic E-state index is 11.9. The standard InChI is InChI=1S/C16H23NO3/c1-2-3-5-10-15(18)17-14(11-12-16(19)20)13-8-6-4-7-9-13/h4,6-9,14H,2-3,5,10-12H2,1H3,(H,17,18)(H,19,20). The zero-order chi connectivity index (χ0) is 14.8. The minimum Gasteiger partial charge on any atom is -0.481 e. The van der Waals surface area contributed by atoms with Gasteiger partial charge in [0.15, 0.2) is 0 Å². The maximum Gasteiger partial charge on any atom is 0.303 e. The number of hydrogen-bond donors (Lipinski definition) is 2. The number of carbonyl (C=O) groups is 2. The number of unbranched alkanes of at least 4 members (excludes halogenated alkanes) is 2. The summed E-state index contributed by atoms with van der Waals surface area (Å²) in [4.78, 5) is 22.6. The van der Waals surface area contributed by atoms with Gasteiger partial charge < -0.3 is 10.4 Å². The molecule has 20 heavy (non-hydrogen) atoms. The molecule has 0 aromatic heterocycles. The van der Waals surface area contributed by atoms with Crippen LogP contribution in [0.4, 0.5) is 0 Å². The number of carboxylic acid groups (broad SMARTS) is 1. The van der Waals surface area contributed by atoms with Crippen molar-refractivity contribution in [2.45, 2.75) is 51.5 Å². The molecule has 0 saturated carbocycles. The molecule has 0 heterocycles. The van der Waals surface area contributed by atoms with E-state index in [1.165, 1.54) is 0 Å². The molecule has 4 heteroatoms. The first-order valence-corrected chi connectivity index (χ1v) is 7.19. The Bertz CT molecular complexity index is 417. The summed E-state index contributed by atoms with van der Waals surface area (Å²) in [5, 5.41) is 11.7. The molecular formula is C16H23NO3. The lowest BCUT2D eigenvalue weighted by atomic mass is 10.0.